The molecule has 1 N–H and O–H groups in total. The molecule has 1 aromatic heterocycles. The lowest BCUT2D eigenvalue weighted by atomic mass is 10.1. The number of aromatic nitrogens is 1. The van der Waals surface area contributed by atoms with Crippen LogP contribution in [-0.2, 0) is 4.74 Å². The minimum absolute atomic E-state index is 0.0806. The summed E-state index contributed by atoms with van der Waals surface area (Å²) in [4.78, 5) is 14.1. The van der Waals surface area contributed by atoms with E-state index < -0.39 is 12.6 Å². The molecule has 0 amide bonds. The molecule has 2 rings (SSSR count). The van der Waals surface area contributed by atoms with Gasteiger partial charge in [-0.05, 0) is 18.2 Å². The molecule has 0 aliphatic rings. The number of carbonyl (C=O) groups excluding carboxylic acids is 1. The highest BCUT2D eigenvalue weighted by Crippen LogP contribution is 2.28. The van der Waals surface area contributed by atoms with Crippen molar-refractivity contribution in [1.82, 2.24) is 4.98 Å². The van der Waals surface area contributed by atoms with E-state index in [4.69, 9.17) is 0 Å². The van der Waals surface area contributed by atoms with Gasteiger partial charge in [0.15, 0.2) is 5.75 Å². The van der Waals surface area contributed by atoms with Crippen molar-refractivity contribution < 1.29 is 23.0 Å². The van der Waals surface area contributed by atoms with Gasteiger partial charge in [0.2, 0.25) is 0 Å². The molecule has 0 saturated heterocycles. The van der Waals surface area contributed by atoms with E-state index >= 15 is 0 Å². The predicted octanol–water partition coefficient (Wildman–Crippen LogP) is 2.56. The molecule has 0 saturated carbocycles. The van der Waals surface area contributed by atoms with Crippen LogP contribution in [0.5, 0.6) is 5.75 Å². The van der Waals surface area contributed by atoms with Crippen molar-refractivity contribution in [1.29, 1.82) is 0 Å². The fraction of sp³-hybridized carbons (Fsp3) is 0.182. The standard InChI is InChI=1S/C11H9F2NO3/c1-16-10(15)7-4-6-2-3-14-9(6)8(5-7)17-11(12)13/h2-5,11,14H,1H3. The van der Waals surface area contributed by atoms with Gasteiger partial charge in [0.05, 0.1) is 18.2 Å². The number of halogens is 2. The molecule has 6 heteroatoms. The van der Waals surface area contributed by atoms with Crippen molar-refractivity contribution in [3.8, 4) is 5.75 Å². The first kappa shape index (κ1) is 11.4. The zero-order valence-electron chi connectivity index (χ0n) is 8.87. The third kappa shape index (κ3) is 2.20. The highest BCUT2D eigenvalue weighted by atomic mass is 19.3. The van der Waals surface area contributed by atoms with Crippen molar-refractivity contribution in [2.24, 2.45) is 0 Å². The monoisotopic (exact) mass is 241 g/mol. The smallest absolute Gasteiger partial charge is 0.387 e. The number of alkyl halides is 2. The number of methoxy groups -OCH3 is 1. The van der Waals surface area contributed by atoms with Gasteiger partial charge in [-0.2, -0.15) is 8.78 Å². The molecule has 90 valence electrons. The minimum atomic E-state index is -2.95. The Morgan fingerprint density at radius 2 is 2.18 bits per heavy atom. The van der Waals surface area contributed by atoms with Crippen LogP contribution in [0.25, 0.3) is 10.9 Å². The Hall–Kier alpha value is -2.11. The number of nitrogens with one attached hydrogen (secondary N) is 1. The Morgan fingerprint density at radius 1 is 1.41 bits per heavy atom. The van der Waals surface area contributed by atoms with Crippen molar-refractivity contribution in [3.05, 3.63) is 30.0 Å². The number of fused-ring (bicyclic) bond motifs is 1. The Balaban J connectivity index is 2.54. The molecule has 1 aromatic carbocycles. The predicted molar refractivity (Wildman–Crippen MR) is 56.3 cm³/mol. The summed E-state index contributed by atoms with van der Waals surface area (Å²) in [5.41, 5.74) is 0.577. The van der Waals surface area contributed by atoms with E-state index in [2.05, 4.69) is 14.5 Å². The fourth-order valence-electron chi connectivity index (χ4n) is 1.56. The zero-order valence-corrected chi connectivity index (χ0v) is 8.87. The molecule has 0 aliphatic heterocycles. The van der Waals surface area contributed by atoms with Crippen LogP contribution in [0.4, 0.5) is 8.78 Å². The fourth-order valence-corrected chi connectivity index (χ4v) is 1.56. The summed E-state index contributed by atoms with van der Waals surface area (Å²) in [6.45, 7) is -2.95. The molecule has 0 spiro atoms. The second kappa shape index (κ2) is 4.40. The molecule has 1 heterocycles. The van der Waals surface area contributed by atoms with Gasteiger partial charge >= 0.3 is 12.6 Å². The van der Waals surface area contributed by atoms with Gasteiger partial charge in [-0.25, -0.2) is 4.79 Å². The largest absolute Gasteiger partial charge is 0.465 e. The molecule has 0 radical (unpaired) electrons. The quantitative estimate of drug-likeness (QED) is 0.840. The Labute approximate surface area is 95.1 Å². The number of carbonyl (C=O) groups is 1. The van der Waals surface area contributed by atoms with Gasteiger partial charge in [0, 0.05) is 11.6 Å². The molecular weight excluding hydrogens is 232 g/mol. The van der Waals surface area contributed by atoms with Crippen LogP contribution in [0.2, 0.25) is 0 Å². The summed E-state index contributed by atoms with van der Waals surface area (Å²) < 4.78 is 33.3. The number of ether oxygens (including phenoxy) is 2. The average Bonchev–Trinajstić information content (AvgIpc) is 2.75. The first-order valence-corrected chi connectivity index (χ1v) is 4.76. The summed E-state index contributed by atoms with van der Waals surface area (Å²) >= 11 is 0. The number of benzene rings is 1. The Morgan fingerprint density at radius 3 is 2.82 bits per heavy atom. The van der Waals surface area contributed by atoms with E-state index in [9.17, 15) is 13.6 Å². The van der Waals surface area contributed by atoms with Crippen LogP contribution in [0, 0.1) is 0 Å². The molecule has 0 bridgehead atoms. The summed E-state index contributed by atoms with van der Waals surface area (Å²) in [5, 5.41) is 0.601. The minimum Gasteiger partial charge on any atom is -0.465 e. The van der Waals surface area contributed by atoms with Gasteiger partial charge in [0.25, 0.3) is 0 Å². The average molecular weight is 241 g/mol. The van der Waals surface area contributed by atoms with Crippen LogP contribution in [-0.4, -0.2) is 24.7 Å². The van der Waals surface area contributed by atoms with Gasteiger partial charge in [0.1, 0.15) is 0 Å². The molecule has 4 nitrogen and oxygen atoms in total. The van der Waals surface area contributed by atoms with Crippen LogP contribution in [0.15, 0.2) is 24.4 Å². The lowest BCUT2D eigenvalue weighted by Crippen LogP contribution is -2.05. The van der Waals surface area contributed by atoms with Crippen LogP contribution in [0.3, 0.4) is 0 Å². The van der Waals surface area contributed by atoms with Gasteiger partial charge < -0.3 is 14.5 Å². The molecule has 0 atom stereocenters. The van der Waals surface area contributed by atoms with Crippen molar-refractivity contribution in [2.75, 3.05) is 7.11 Å². The summed E-state index contributed by atoms with van der Waals surface area (Å²) in [5.74, 6) is -0.685. The number of rotatable bonds is 3. The molecule has 0 fully saturated rings. The number of hydrogen-bond donors (Lipinski definition) is 1. The van der Waals surface area contributed by atoms with E-state index in [1.54, 1.807) is 12.3 Å². The van der Waals surface area contributed by atoms with Crippen LogP contribution < -0.4 is 4.74 Å². The first-order chi connectivity index (χ1) is 8.11. The molecule has 0 unspecified atom stereocenters. The lowest BCUT2D eigenvalue weighted by molar-refractivity contribution is -0.0489. The summed E-state index contributed by atoms with van der Waals surface area (Å²) in [7, 11) is 1.22. The maximum atomic E-state index is 12.2. The topological polar surface area (TPSA) is 51.3 Å². The zero-order chi connectivity index (χ0) is 12.4. The van der Waals surface area contributed by atoms with E-state index in [0.717, 1.165) is 0 Å². The maximum absolute atomic E-state index is 12.2. The second-order valence-electron chi connectivity index (χ2n) is 3.29. The Bertz CT molecular complexity index is 551. The second-order valence-corrected chi connectivity index (χ2v) is 3.29. The highest BCUT2D eigenvalue weighted by Gasteiger charge is 2.14. The molecule has 2 aromatic rings. The van der Waals surface area contributed by atoms with Gasteiger partial charge in [-0.15, -0.1) is 0 Å². The maximum Gasteiger partial charge on any atom is 0.387 e. The van der Waals surface area contributed by atoms with Crippen molar-refractivity contribution >= 4 is 16.9 Å². The van der Waals surface area contributed by atoms with E-state index in [0.29, 0.717) is 10.9 Å². The molecular formula is C11H9F2NO3. The number of H-pyrrole nitrogens is 1. The first-order valence-electron chi connectivity index (χ1n) is 4.76. The SMILES string of the molecule is COC(=O)c1cc(OC(F)F)c2[nH]ccc2c1. The molecule has 17 heavy (non-hydrogen) atoms. The number of hydrogen-bond acceptors (Lipinski definition) is 3. The summed E-state index contributed by atoms with van der Waals surface area (Å²) in [6, 6.07) is 4.41. The number of aromatic amines is 1. The third-order valence-electron chi connectivity index (χ3n) is 2.26. The van der Waals surface area contributed by atoms with Crippen LogP contribution >= 0.6 is 0 Å². The lowest BCUT2D eigenvalue weighted by Gasteiger charge is -2.07. The number of esters is 1. The van der Waals surface area contributed by atoms with Crippen molar-refractivity contribution in [2.45, 2.75) is 6.61 Å². The van der Waals surface area contributed by atoms with Crippen LogP contribution in [0.1, 0.15) is 10.4 Å². The van der Waals surface area contributed by atoms with E-state index in [1.807, 2.05) is 0 Å². The van der Waals surface area contributed by atoms with E-state index in [1.165, 1.54) is 19.2 Å². The van der Waals surface area contributed by atoms with Gasteiger partial charge in [-0.1, -0.05) is 0 Å². The van der Waals surface area contributed by atoms with E-state index in [-0.39, 0.29) is 11.3 Å². The Kier molecular flexibility index (Phi) is 2.95. The highest BCUT2D eigenvalue weighted by molar-refractivity contribution is 5.97. The third-order valence-corrected chi connectivity index (χ3v) is 2.26. The van der Waals surface area contributed by atoms with Gasteiger partial charge in [-0.3, -0.25) is 0 Å². The summed E-state index contributed by atoms with van der Waals surface area (Å²) in [6.07, 6.45) is 1.57. The van der Waals surface area contributed by atoms with Crippen molar-refractivity contribution in [3.63, 3.8) is 0 Å². The molecule has 0 aliphatic carbocycles. The normalized spacial score (nSPS) is 10.8.